The van der Waals surface area contributed by atoms with Crippen molar-refractivity contribution in [1.82, 2.24) is 0 Å². The van der Waals surface area contributed by atoms with Crippen LogP contribution in [0, 0.1) is 6.92 Å². The van der Waals surface area contributed by atoms with E-state index in [0.29, 0.717) is 6.42 Å². The second-order valence-corrected chi connectivity index (χ2v) is 3.57. The molecule has 1 rings (SSSR count). The molecule has 0 amide bonds. The van der Waals surface area contributed by atoms with E-state index in [0.717, 1.165) is 11.1 Å². The largest absolute Gasteiger partial charge is 0.467 e. The van der Waals surface area contributed by atoms with E-state index < -0.39 is 12.1 Å². The highest BCUT2D eigenvalue weighted by molar-refractivity contribution is 7.08. The first kappa shape index (κ1) is 10.2. The molecule has 1 aromatic rings. The molecule has 1 unspecified atom stereocenters. The minimum absolute atomic E-state index is 0.335. The maximum atomic E-state index is 10.9. The van der Waals surface area contributed by atoms with Gasteiger partial charge in [-0.05, 0) is 28.8 Å². The van der Waals surface area contributed by atoms with E-state index in [2.05, 4.69) is 4.74 Å². The first-order valence-corrected chi connectivity index (χ1v) is 4.87. The van der Waals surface area contributed by atoms with Crippen molar-refractivity contribution in [2.24, 2.45) is 0 Å². The number of thiophene rings is 1. The Bertz CT molecular complexity index is 293. The van der Waals surface area contributed by atoms with E-state index in [1.807, 2.05) is 17.7 Å². The van der Waals surface area contributed by atoms with Gasteiger partial charge in [0.15, 0.2) is 6.10 Å². The standard InChI is InChI=1S/C9H12O3S/c1-6-4-13-5-7(6)3-8(10)9(11)12-2/h4-5,8,10H,3H2,1-2H3. The van der Waals surface area contributed by atoms with Gasteiger partial charge in [-0.2, -0.15) is 11.3 Å². The molecule has 4 heteroatoms. The van der Waals surface area contributed by atoms with E-state index in [9.17, 15) is 9.90 Å². The van der Waals surface area contributed by atoms with Crippen LogP contribution in [0.15, 0.2) is 10.8 Å². The van der Waals surface area contributed by atoms with Gasteiger partial charge in [-0.1, -0.05) is 0 Å². The smallest absolute Gasteiger partial charge is 0.335 e. The predicted octanol–water partition coefficient (Wildman–Crippen LogP) is 1.13. The average Bonchev–Trinajstić information content (AvgIpc) is 2.50. The molecule has 0 aliphatic heterocycles. The van der Waals surface area contributed by atoms with E-state index >= 15 is 0 Å². The van der Waals surface area contributed by atoms with E-state index in [4.69, 9.17) is 0 Å². The second-order valence-electron chi connectivity index (χ2n) is 2.82. The third-order valence-corrected chi connectivity index (χ3v) is 2.76. The maximum Gasteiger partial charge on any atom is 0.335 e. The summed E-state index contributed by atoms with van der Waals surface area (Å²) in [6.45, 7) is 1.95. The summed E-state index contributed by atoms with van der Waals surface area (Å²) in [6, 6.07) is 0. The molecular weight excluding hydrogens is 188 g/mol. The van der Waals surface area contributed by atoms with Crippen LogP contribution >= 0.6 is 11.3 Å². The fourth-order valence-corrected chi connectivity index (χ4v) is 1.89. The number of aryl methyl sites for hydroxylation is 1. The van der Waals surface area contributed by atoms with Crippen molar-refractivity contribution in [2.45, 2.75) is 19.4 Å². The minimum Gasteiger partial charge on any atom is -0.467 e. The molecule has 0 saturated carbocycles. The van der Waals surface area contributed by atoms with Crippen LogP contribution < -0.4 is 0 Å². The van der Waals surface area contributed by atoms with Gasteiger partial charge < -0.3 is 9.84 Å². The molecule has 13 heavy (non-hydrogen) atoms. The van der Waals surface area contributed by atoms with E-state index in [1.165, 1.54) is 7.11 Å². The molecule has 1 heterocycles. The normalized spacial score (nSPS) is 12.5. The summed E-state index contributed by atoms with van der Waals surface area (Å²) in [4.78, 5) is 10.9. The molecule has 0 fully saturated rings. The van der Waals surface area contributed by atoms with Gasteiger partial charge in [-0.15, -0.1) is 0 Å². The Kier molecular flexibility index (Phi) is 3.45. The van der Waals surface area contributed by atoms with Crippen LogP contribution in [0.1, 0.15) is 11.1 Å². The predicted molar refractivity (Wildman–Crippen MR) is 50.8 cm³/mol. The molecule has 0 bridgehead atoms. The molecule has 1 N–H and O–H groups in total. The van der Waals surface area contributed by atoms with Crippen LogP contribution in [0.5, 0.6) is 0 Å². The second kappa shape index (κ2) is 4.39. The molecule has 1 atom stereocenters. The van der Waals surface area contributed by atoms with Crippen molar-refractivity contribution < 1.29 is 14.6 Å². The van der Waals surface area contributed by atoms with Gasteiger partial charge >= 0.3 is 5.97 Å². The lowest BCUT2D eigenvalue weighted by atomic mass is 10.1. The number of methoxy groups -OCH3 is 1. The van der Waals surface area contributed by atoms with Crippen molar-refractivity contribution in [3.63, 3.8) is 0 Å². The lowest BCUT2D eigenvalue weighted by Crippen LogP contribution is -2.24. The Morgan fingerprint density at radius 3 is 2.85 bits per heavy atom. The monoisotopic (exact) mass is 200 g/mol. The Labute approximate surface area is 81.0 Å². The number of rotatable bonds is 3. The van der Waals surface area contributed by atoms with Gasteiger partial charge in [-0.3, -0.25) is 0 Å². The van der Waals surface area contributed by atoms with Crippen LogP contribution in [0.2, 0.25) is 0 Å². The number of hydrogen-bond acceptors (Lipinski definition) is 4. The Morgan fingerprint density at radius 1 is 1.69 bits per heavy atom. The van der Waals surface area contributed by atoms with Crippen molar-refractivity contribution in [1.29, 1.82) is 0 Å². The molecule has 0 spiro atoms. The average molecular weight is 200 g/mol. The van der Waals surface area contributed by atoms with Crippen molar-refractivity contribution in [2.75, 3.05) is 7.11 Å². The van der Waals surface area contributed by atoms with Gasteiger partial charge in [0.05, 0.1) is 7.11 Å². The van der Waals surface area contributed by atoms with Crippen LogP contribution in [0.4, 0.5) is 0 Å². The zero-order chi connectivity index (χ0) is 9.84. The summed E-state index contributed by atoms with van der Waals surface area (Å²) in [5.41, 5.74) is 2.11. The van der Waals surface area contributed by atoms with Crippen molar-refractivity contribution in [3.8, 4) is 0 Å². The lowest BCUT2D eigenvalue weighted by molar-refractivity contribution is -0.150. The lowest BCUT2D eigenvalue weighted by Gasteiger charge is -2.07. The summed E-state index contributed by atoms with van der Waals surface area (Å²) in [6.07, 6.45) is -0.708. The fraction of sp³-hybridized carbons (Fsp3) is 0.444. The molecule has 0 radical (unpaired) electrons. The summed E-state index contributed by atoms with van der Waals surface area (Å²) in [5.74, 6) is -0.578. The molecular formula is C9H12O3S. The fourth-order valence-electron chi connectivity index (χ4n) is 1.02. The molecule has 0 aromatic carbocycles. The molecule has 1 aromatic heterocycles. The number of ether oxygens (including phenoxy) is 1. The summed E-state index contributed by atoms with van der Waals surface area (Å²) < 4.78 is 4.42. The number of aliphatic hydroxyl groups is 1. The topological polar surface area (TPSA) is 46.5 Å². The van der Waals surface area contributed by atoms with E-state index in [-0.39, 0.29) is 0 Å². The molecule has 0 aliphatic carbocycles. The first-order chi connectivity index (χ1) is 6.15. The minimum atomic E-state index is -1.04. The number of carbonyl (C=O) groups is 1. The Morgan fingerprint density at radius 2 is 2.38 bits per heavy atom. The third kappa shape index (κ3) is 2.54. The van der Waals surface area contributed by atoms with Crippen molar-refractivity contribution >= 4 is 17.3 Å². The van der Waals surface area contributed by atoms with Gasteiger partial charge in [0.1, 0.15) is 0 Å². The van der Waals surface area contributed by atoms with E-state index in [1.54, 1.807) is 11.3 Å². The number of hydrogen-bond donors (Lipinski definition) is 1. The highest BCUT2D eigenvalue weighted by Crippen LogP contribution is 2.15. The molecule has 0 aliphatic rings. The van der Waals surface area contributed by atoms with Gasteiger partial charge in [0.2, 0.25) is 0 Å². The maximum absolute atomic E-state index is 10.9. The van der Waals surface area contributed by atoms with Gasteiger partial charge in [0.25, 0.3) is 0 Å². The highest BCUT2D eigenvalue weighted by Gasteiger charge is 2.16. The highest BCUT2D eigenvalue weighted by atomic mass is 32.1. The Hall–Kier alpha value is -0.870. The number of esters is 1. The van der Waals surface area contributed by atoms with Crippen LogP contribution in [-0.4, -0.2) is 24.3 Å². The zero-order valence-corrected chi connectivity index (χ0v) is 8.43. The van der Waals surface area contributed by atoms with Gasteiger partial charge in [0, 0.05) is 6.42 Å². The Balaban J connectivity index is 2.59. The zero-order valence-electron chi connectivity index (χ0n) is 7.61. The van der Waals surface area contributed by atoms with Crippen molar-refractivity contribution in [3.05, 3.63) is 21.9 Å². The number of aliphatic hydroxyl groups excluding tert-OH is 1. The molecule has 3 nitrogen and oxygen atoms in total. The summed E-state index contributed by atoms with van der Waals surface area (Å²) >= 11 is 1.56. The summed E-state index contributed by atoms with van der Waals surface area (Å²) in [7, 11) is 1.27. The number of carbonyl (C=O) groups excluding carboxylic acids is 1. The SMILES string of the molecule is COC(=O)C(O)Cc1cscc1C. The molecule has 0 saturated heterocycles. The molecule has 72 valence electrons. The third-order valence-electron chi connectivity index (χ3n) is 1.85. The van der Waals surface area contributed by atoms with Crippen LogP contribution in [-0.2, 0) is 16.0 Å². The van der Waals surface area contributed by atoms with Gasteiger partial charge in [-0.25, -0.2) is 4.79 Å². The summed E-state index contributed by atoms with van der Waals surface area (Å²) in [5, 5.41) is 13.3. The quantitative estimate of drug-likeness (QED) is 0.744. The van der Waals surface area contributed by atoms with Crippen LogP contribution in [0.25, 0.3) is 0 Å². The van der Waals surface area contributed by atoms with Crippen LogP contribution in [0.3, 0.4) is 0 Å². The first-order valence-electron chi connectivity index (χ1n) is 3.92.